The summed E-state index contributed by atoms with van der Waals surface area (Å²) in [6.07, 6.45) is 1.32. The lowest BCUT2D eigenvalue weighted by atomic mass is 9.94. The molecule has 0 N–H and O–H groups in total. The van der Waals surface area contributed by atoms with Crippen LogP contribution in [0.4, 0.5) is 0 Å². The van der Waals surface area contributed by atoms with E-state index >= 15 is 0 Å². The zero-order valence-electron chi connectivity index (χ0n) is 25.4. The van der Waals surface area contributed by atoms with Crippen LogP contribution in [0.2, 0.25) is 0 Å². The number of rotatable bonds is 13. The topological polar surface area (TPSA) is 109 Å². The van der Waals surface area contributed by atoms with Crippen molar-refractivity contribution >= 4 is 28.9 Å². The molecule has 3 aromatic rings. The van der Waals surface area contributed by atoms with Gasteiger partial charge in [0.2, 0.25) is 0 Å². The molecule has 2 atom stereocenters. The Kier molecular flexibility index (Phi) is 11.0. The van der Waals surface area contributed by atoms with Gasteiger partial charge < -0.3 is 18.6 Å². The summed E-state index contributed by atoms with van der Waals surface area (Å²) in [6.45, 7) is 19.2. The first-order chi connectivity index (χ1) is 20.3. The van der Waals surface area contributed by atoms with Gasteiger partial charge in [0.25, 0.3) is 0 Å². The summed E-state index contributed by atoms with van der Waals surface area (Å²) in [5.41, 5.74) is 3.56. The predicted molar refractivity (Wildman–Crippen MR) is 166 cm³/mol. The molecule has 2 unspecified atom stereocenters. The molecule has 0 aliphatic carbocycles. The van der Waals surface area contributed by atoms with Gasteiger partial charge in [-0.1, -0.05) is 44.0 Å². The van der Waals surface area contributed by atoms with Gasteiger partial charge in [0, 0.05) is 22.1 Å². The second-order valence-corrected chi connectivity index (χ2v) is 10.8. The summed E-state index contributed by atoms with van der Waals surface area (Å²) in [6, 6.07) is 12.2. The quantitative estimate of drug-likeness (QED) is 0.0929. The van der Waals surface area contributed by atoms with Crippen LogP contribution in [0.1, 0.15) is 58.6 Å². The van der Waals surface area contributed by atoms with Crippen LogP contribution in [-0.4, -0.2) is 30.1 Å². The Morgan fingerprint density at radius 3 is 1.84 bits per heavy atom. The smallest absolute Gasteiger partial charge is 0.344 e. The number of carbonyl (C=O) groups is 3. The van der Waals surface area contributed by atoms with E-state index in [2.05, 4.69) is 19.7 Å². The van der Waals surface area contributed by atoms with Crippen molar-refractivity contribution in [1.82, 2.24) is 0 Å². The maximum Gasteiger partial charge on any atom is 0.344 e. The molecular weight excluding hydrogens is 548 g/mol. The van der Waals surface area contributed by atoms with Crippen molar-refractivity contribution in [2.24, 2.45) is 0 Å². The van der Waals surface area contributed by atoms with Crippen molar-refractivity contribution in [3.05, 3.63) is 100 Å². The summed E-state index contributed by atoms with van der Waals surface area (Å²) in [5.74, 6) is -1.11. The lowest BCUT2D eigenvalue weighted by Gasteiger charge is -2.18. The van der Waals surface area contributed by atoms with Crippen molar-refractivity contribution in [3.8, 4) is 16.9 Å². The summed E-state index contributed by atoms with van der Waals surface area (Å²) >= 11 is 0. The molecular formula is C35H38O8. The third-order valence-corrected chi connectivity index (χ3v) is 6.76. The van der Waals surface area contributed by atoms with Gasteiger partial charge >= 0.3 is 23.5 Å². The largest absolute Gasteiger partial charge is 0.459 e. The zero-order chi connectivity index (χ0) is 31.8. The second kappa shape index (κ2) is 14.4. The van der Waals surface area contributed by atoms with Crippen molar-refractivity contribution in [2.45, 2.75) is 72.5 Å². The molecule has 0 aliphatic heterocycles. The third-order valence-electron chi connectivity index (χ3n) is 6.76. The molecule has 1 aromatic heterocycles. The Hall–Kier alpha value is -4.72. The molecule has 8 nitrogen and oxygen atoms in total. The Bertz CT molecular complexity index is 1620. The van der Waals surface area contributed by atoms with Crippen molar-refractivity contribution < 1.29 is 33.0 Å². The number of carbonyl (C=O) groups excluding carboxylic acids is 3. The Labute approximate surface area is 251 Å². The molecule has 3 rings (SSSR count). The minimum Gasteiger partial charge on any atom is -0.459 e. The van der Waals surface area contributed by atoms with Gasteiger partial charge in [0.05, 0.1) is 17.8 Å². The van der Waals surface area contributed by atoms with E-state index in [0.29, 0.717) is 59.3 Å². The Morgan fingerprint density at radius 2 is 1.30 bits per heavy atom. The van der Waals surface area contributed by atoms with Gasteiger partial charge in [-0.05, 0) is 95.2 Å². The average Bonchev–Trinajstić information content (AvgIpc) is 2.95. The number of benzene rings is 2. The fourth-order valence-corrected chi connectivity index (χ4v) is 4.28. The van der Waals surface area contributed by atoms with Crippen molar-refractivity contribution in [1.29, 1.82) is 0 Å². The van der Waals surface area contributed by atoms with Gasteiger partial charge in [0.1, 0.15) is 11.3 Å². The number of aryl methyl sites for hydroxylation is 2. The molecule has 8 heteroatoms. The van der Waals surface area contributed by atoms with Gasteiger partial charge in [-0.15, -0.1) is 0 Å². The number of hydrogen-bond donors (Lipinski definition) is 0. The molecule has 0 amide bonds. The Balaban J connectivity index is 1.95. The maximum absolute atomic E-state index is 13.3. The van der Waals surface area contributed by atoms with Crippen LogP contribution in [0.3, 0.4) is 0 Å². The van der Waals surface area contributed by atoms with Crippen LogP contribution in [-0.2, 0) is 36.7 Å². The lowest BCUT2D eigenvalue weighted by Crippen LogP contribution is -2.17. The monoisotopic (exact) mass is 586 g/mol. The molecule has 0 saturated carbocycles. The van der Waals surface area contributed by atoms with Gasteiger partial charge in [-0.3, -0.25) is 0 Å². The van der Waals surface area contributed by atoms with Crippen molar-refractivity contribution in [2.75, 3.05) is 0 Å². The molecule has 0 aliphatic rings. The van der Waals surface area contributed by atoms with Crippen LogP contribution in [0, 0.1) is 0 Å². The minimum absolute atomic E-state index is 0.278. The average molecular weight is 587 g/mol. The van der Waals surface area contributed by atoms with E-state index in [1.807, 2.05) is 19.1 Å². The third kappa shape index (κ3) is 8.88. The summed E-state index contributed by atoms with van der Waals surface area (Å²) in [4.78, 5) is 49.0. The van der Waals surface area contributed by atoms with Crippen LogP contribution in [0.25, 0.3) is 22.1 Å². The number of hydrogen-bond acceptors (Lipinski definition) is 8. The first kappa shape index (κ1) is 32.8. The standard InChI is InChI=1S/C35H38O8/c1-20(2)32(36)40-23(7)9-11-25-12-13-27-19-30(26-14-16-28(17-15-26)42-34(38)22(5)6)35(39)43-31(27)29(25)18-10-24(8)41-33(37)21(3)4/h12-17,19,23-24H,1,3,5,9-11,18H2,2,4,6-8H3. The van der Waals surface area contributed by atoms with Crippen LogP contribution in [0.15, 0.2) is 88.1 Å². The van der Waals surface area contributed by atoms with E-state index in [1.165, 1.54) is 0 Å². The van der Waals surface area contributed by atoms with Gasteiger partial charge in [-0.2, -0.15) is 0 Å². The van der Waals surface area contributed by atoms with E-state index in [9.17, 15) is 19.2 Å². The molecule has 0 saturated heterocycles. The molecule has 0 radical (unpaired) electrons. The molecule has 0 spiro atoms. The number of ether oxygens (including phenoxy) is 3. The van der Waals surface area contributed by atoms with E-state index in [0.717, 1.165) is 16.5 Å². The van der Waals surface area contributed by atoms with Gasteiger partial charge in [0.15, 0.2) is 0 Å². The zero-order valence-corrected chi connectivity index (χ0v) is 25.4. The van der Waals surface area contributed by atoms with E-state index in [4.69, 9.17) is 18.6 Å². The minimum atomic E-state index is -0.534. The summed E-state index contributed by atoms with van der Waals surface area (Å²) < 4.78 is 22.1. The molecule has 0 bridgehead atoms. The molecule has 226 valence electrons. The molecule has 43 heavy (non-hydrogen) atoms. The summed E-state index contributed by atoms with van der Waals surface area (Å²) in [7, 11) is 0. The predicted octanol–water partition coefficient (Wildman–Crippen LogP) is 6.82. The Morgan fingerprint density at radius 1 is 0.767 bits per heavy atom. The summed E-state index contributed by atoms with van der Waals surface area (Å²) in [5, 5.41) is 0.722. The SMILES string of the molecule is C=C(C)C(=O)Oc1ccc(-c2cc3ccc(CCC(C)OC(=O)C(=C)C)c(CCC(C)OC(=O)C(=C)C)c3oc2=O)cc1. The first-order valence-corrected chi connectivity index (χ1v) is 14.1. The highest BCUT2D eigenvalue weighted by molar-refractivity contribution is 5.89. The molecule has 0 fully saturated rings. The normalized spacial score (nSPS) is 12.2. The highest BCUT2D eigenvalue weighted by Gasteiger charge is 2.19. The number of fused-ring (bicyclic) bond motifs is 1. The van der Waals surface area contributed by atoms with Crippen molar-refractivity contribution in [3.63, 3.8) is 0 Å². The number of esters is 3. The van der Waals surface area contributed by atoms with Gasteiger partial charge in [-0.25, -0.2) is 19.2 Å². The fourth-order valence-electron chi connectivity index (χ4n) is 4.28. The highest BCUT2D eigenvalue weighted by Crippen LogP contribution is 2.29. The van der Waals surface area contributed by atoms with Crippen LogP contribution < -0.4 is 10.4 Å². The molecule has 1 heterocycles. The van der Waals surface area contributed by atoms with E-state index in [1.54, 1.807) is 58.0 Å². The first-order valence-electron chi connectivity index (χ1n) is 14.1. The molecule has 2 aromatic carbocycles. The highest BCUT2D eigenvalue weighted by atomic mass is 16.5. The second-order valence-electron chi connectivity index (χ2n) is 10.8. The van der Waals surface area contributed by atoms with Crippen LogP contribution >= 0.6 is 0 Å². The van der Waals surface area contributed by atoms with Crippen LogP contribution in [0.5, 0.6) is 5.75 Å². The van der Waals surface area contributed by atoms with E-state index < -0.39 is 29.6 Å². The van der Waals surface area contributed by atoms with E-state index in [-0.39, 0.29) is 11.7 Å². The maximum atomic E-state index is 13.3. The fraction of sp³-hybridized carbons (Fsp3) is 0.314. The lowest BCUT2D eigenvalue weighted by molar-refractivity contribution is -0.144.